The van der Waals surface area contributed by atoms with E-state index in [4.69, 9.17) is 4.84 Å². The number of carbonyl (C=O) groups is 3. The van der Waals surface area contributed by atoms with E-state index in [0.717, 1.165) is 5.69 Å². The maximum absolute atomic E-state index is 13.0. The number of carbonyl (C=O) groups excluding carboxylic acids is 3. The number of oxime groups is 1. The Hall–Kier alpha value is -3.68. The van der Waals surface area contributed by atoms with Crippen molar-refractivity contribution in [3.63, 3.8) is 0 Å². The molecule has 2 aliphatic heterocycles. The van der Waals surface area contributed by atoms with Gasteiger partial charge in [-0.05, 0) is 17.7 Å². The fourth-order valence-electron chi connectivity index (χ4n) is 3.51. The van der Waals surface area contributed by atoms with Gasteiger partial charge in [0.25, 0.3) is 11.8 Å². The number of amides is 4. The van der Waals surface area contributed by atoms with Crippen LogP contribution in [0.4, 0.5) is 10.5 Å². The number of benzene rings is 2. The van der Waals surface area contributed by atoms with Gasteiger partial charge in [0.1, 0.15) is 5.71 Å². The van der Waals surface area contributed by atoms with E-state index < -0.39 is 29.4 Å². The van der Waals surface area contributed by atoms with Crippen molar-refractivity contribution in [2.24, 2.45) is 10.6 Å². The Kier molecular flexibility index (Phi) is 4.11. The van der Waals surface area contributed by atoms with Gasteiger partial charge in [0, 0.05) is 25.3 Å². The second-order valence-electron chi connectivity index (χ2n) is 6.82. The standard InChI is InChI=1S/C20H18N4O4/c1-24(2)14-10-8-13(9-11-14)16-20(17(25)21-19(27)22-18(20)26)15(23-28-16)12-6-4-3-5-7-12/h3-11,16H,1-2H3,(H2,21,22,25,26,27). The highest BCUT2D eigenvalue weighted by molar-refractivity contribution is 6.36. The van der Waals surface area contributed by atoms with Gasteiger partial charge in [0.2, 0.25) is 5.41 Å². The molecule has 1 atom stereocenters. The van der Waals surface area contributed by atoms with Crippen LogP contribution in [0.25, 0.3) is 0 Å². The van der Waals surface area contributed by atoms with E-state index in [2.05, 4.69) is 15.8 Å². The molecular formula is C20H18N4O4. The lowest BCUT2D eigenvalue weighted by Gasteiger charge is -2.34. The zero-order chi connectivity index (χ0) is 19.9. The minimum absolute atomic E-state index is 0.164. The monoisotopic (exact) mass is 378 g/mol. The van der Waals surface area contributed by atoms with Gasteiger partial charge < -0.3 is 9.74 Å². The van der Waals surface area contributed by atoms with Crippen LogP contribution in [0.5, 0.6) is 0 Å². The van der Waals surface area contributed by atoms with Crippen LogP contribution in [0.2, 0.25) is 0 Å². The van der Waals surface area contributed by atoms with Crippen molar-refractivity contribution in [3.05, 3.63) is 65.7 Å². The second kappa shape index (κ2) is 6.49. The molecule has 2 aliphatic rings. The van der Waals surface area contributed by atoms with Gasteiger partial charge in [0.15, 0.2) is 6.10 Å². The van der Waals surface area contributed by atoms with Crippen molar-refractivity contribution in [2.45, 2.75) is 6.10 Å². The zero-order valence-corrected chi connectivity index (χ0v) is 15.3. The summed E-state index contributed by atoms with van der Waals surface area (Å²) < 4.78 is 0. The van der Waals surface area contributed by atoms with E-state index in [0.29, 0.717) is 11.1 Å². The van der Waals surface area contributed by atoms with E-state index in [9.17, 15) is 14.4 Å². The molecular weight excluding hydrogens is 360 g/mol. The number of hydrogen-bond donors (Lipinski definition) is 2. The molecule has 2 heterocycles. The first kappa shape index (κ1) is 17.7. The van der Waals surface area contributed by atoms with Crippen LogP contribution in [0, 0.1) is 5.41 Å². The number of nitrogens with zero attached hydrogens (tertiary/aromatic N) is 2. The Balaban J connectivity index is 1.85. The van der Waals surface area contributed by atoms with Crippen molar-refractivity contribution in [1.29, 1.82) is 0 Å². The molecule has 0 bridgehead atoms. The van der Waals surface area contributed by atoms with E-state index in [1.54, 1.807) is 36.4 Å². The van der Waals surface area contributed by atoms with Crippen LogP contribution in [-0.2, 0) is 14.4 Å². The van der Waals surface area contributed by atoms with E-state index in [1.165, 1.54) is 0 Å². The molecule has 0 aromatic heterocycles. The molecule has 4 amide bonds. The van der Waals surface area contributed by atoms with E-state index in [1.807, 2.05) is 37.2 Å². The maximum Gasteiger partial charge on any atom is 0.328 e. The minimum atomic E-state index is -1.81. The Bertz CT molecular complexity index is 963. The average Bonchev–Trinajstić information content (AvgIpc) is 3.08. The van der Waals surface area contributed by atoms with Crippen molar-refractivity contribution >= 4 is 29.2 Å². The number of urea groups is 1. The summed E-state index contributed by atoms with van der Waals surface area (Å²) in [6, 6.07) is 15.2. The van der Waals surface area contributed by atoms with Crippen LogP contribution in [0.1, 0.15) is 17.2 Å². The maximum atomic E-state index is 13.0. The van der Waals surface area contributed by atoms with Crippen molar-refractivity contribution in [1.82, 2.24) is 10.6 Å². The van der Waals surface area contributed by atoms with E-state index in [-0.39, 0.29) is 5.71 Å². The molecule has 8 nitrogen and oxygen atoms in total. The third-order valence-electron chi connectivity index (χ3n) is 4.95. The highest BCUT2D eigenvalue weighted by Gasteiger charge is 2.65. The molecule has 28 heavy (non-hydrogen) atoms. The van der Waals surface area contributed by atoms with Crippen LogP contribution in [0.3, 0.4) is 0 Å². The largest absolute Gasteiger partial charge is 0.385 e. The fraction of sp³-hybridized carbons (Fsp3) is 0.200. The Labute approximate surface area is 161 Å². The number of nitrogens with one attached hydrogen (secondary N) is 2. The van der Waals surface area contributed by atoms with Crippen LogP contribution in [0.15, 0.2) is 59.8 Å². The summed E-state index contributed by atoms with van der Waals surface area (Å²) in [6.45, 7) is 0. The summed E-state index contributed by atoms with van der Waals surface area (Å²) in [5.74, 6) is -1.52. The highest BCUT2D eigenvalue weighted by Crippen LogP contribution is 2.47. The summed E-state index contributed by atoms with van der Waals surface area (Å²) in [7, 11) is 3.82. The van der Waals surface area contributed by atoms with Gasteiger partial charge in [-0.3, -0.25) is 20.2 Å². The SMILES string of the molecule is CN(C)c1ccc(C2ON=C(c3ccccc3)C23C(=O)NC(=O)NC3=O)cc1. The number of imide groups is 2. The molecule has 1 unspecified atom stereocenters. The van der Waals surface area contributed by atoms with Gasteiger partial charge in [-0.1, -0.05) is 47.6 Å². The lowest BCUT2D eigenvalue weighted by Crippen LogP contribution is -2.66. The molecule has 2 aromatic rings. The van der Waals surface area contributed by atoms with Gasteiger partial charge in [-0.2, -0.15) is 0 Å². The molecule has 1 fully saturated rings. The van der Waals surface area contributed by atoms with Crippen molar-refractivity contribution in [2.75, 3.05) is 19.0 Å². The highest BCUT2D eigenvalue weighted by atomic mass is 16.6. The molecule has 0 saturated carbocycles. The molecule has 1 saturated heterocycles. The summed E-state index contributed by atoms with van der Waals surface area (Å²) in [4.78, 5) is 45.3. The summed E-state index contributed by atoms with van der Waals surface area (Å²) in [5, 5.41) is 8.48. The fourth-order valence-corrected chi connectivity index (χ4v) is 3.51. The van der Waals surface area contributed by atoms with Crippen LogP contribution in [-0.4, -0.2) is 37.7 Å². The van der Waals surface area contributed by atoms with Gasteiger partial charge in [-0.15, -0.1) is 0 Å². The van der Waals surface area contributed by atoms with Crippen LogP contribution < -0.4 is 15.5 Å². The van der Waals surface area contributed by atoms with Gasteiger partial charge >= 0.3 is 6.03 Å². The predicted octanol–water partition coefficient (Wildman–Crippen LogP) is 1.58. The summed E-state index contributed by atoms with van der Waals surface area (Å²) in [6.07, 6.45) is -1.01. The molecule has 0 radical (unpaired) electrons. The molecule has 2 aromatic carbocycles. The molecule has 142 valence electrons. The Morgan fingerprint density at radius 1 is 0.929 bits per heavy atom. The summed E-state index contributed by atoms with van der Waals surface area (Å²) >= 11 is 0. The minimum Gasteiger partial charge on any atom is -0.385 e. The first-order valence-corrected chi connectivity index (χ1v) is 8.68. The third kappa shape index (κ3) is 2.53. The lowest BCUT2D eigenvalue weighted by molar-refractivity contribution is -0.146. The normalized spacial score (nSPS) is 20.3. The van der Waals surface area contributed by atoms with Crippen molar-refractivity contribution in [3.8, 4) is 0 Å². The third-order valence-corrected chi connectivity index (χ3v) is 4.95. The molecule has 1 spiro atoms. The van der Waals surface area contributed by atoms with Gasteiger partial charge in [-0.25, -0.2) is 4.79 Å². The topological polar surface area (TPSA) is 100 Å². The van der Waals surface area contributed by atoms with Gasteiger partial charge in [0.05, 0.1) is 0 Å². The van der Waals surface area contributed by atoms with Crippen molar-refractivity contribution < 1.29 is 19.2 Å². The molecule has 8 heteroatoms. The number of hydrogen-bond acceptors (Lipinski definition) is 6. The first-order chi connectivity index (χ1) is 13.4. The average molecular weight is 378 g/mol. The Morgan fingerprint density at radius 3 is 2.11 bits per heavy atom. The van der Waals surface area contributed by atoms with Crippen LogP contribution >= 0.6 is 0 Å². The lowest BCUT2D eigenvalue weighted by atomic mass is 9.71. The Morgan fingerprint density at radius 2 is 1.54 bits per heavy atom. The number of anilines is 1. The number of rotatable bonds is 3. The first-order valence-electron chi connectivity index (χ1n) is 8.68. The smallest absolute Gasteiger partial charge is 0.328 e. The molecule has 0 aliphatic carbocycles. The molecule has 2 N–H and O–H groups in total. The molecule has 4 rings (SSSR count). The zero-order valence-electron chi connectivity index (χ0n) is 15.3. The second-order valence-corrected chi connectivity index (χ2v) is 6.82. The summed E-state index contributed by atoms with van der Waals surface area (Å²) in [5.41, 5.74) is 0.467. The quantitative estimate of drug-likeness (QED) is 0.790. The predicted molar refractivity (Wildman–Crippen MR) is 102 cm³/mol. The van der Waals surface area contributed by atoms with E-state index >= 15 is 0 Å². The number of barbiturate groups is 1.